The average molecular weight is 269 g/mol. The van der Waals surface area contributed by atoms with Crippen molar-refractivity contribution < 1.29 is 19.5 Å². The standard InChI is InChI=1S/C12H19N3O4/c13-10(16)7-6-9(11(17)18)15-12(19)14-8-4-2-1-3-5-8/h1-2,8-9H,3-7H2,(H2,13,16)(H,17,18)(H2,14,15,19). The number of carboxylic acid groups (broad SMARTS) is 1. The zero-order valence-electron chi connectivity index (χ0n) is 10.6. The molecule has 19 heavy (non-hydrogen) atoms. The molecule has 0 saturated heterocycles. The minimum atomic E-state index is -1.18. The van der Waals surface area contributed by atoms with Crippen molar-refractivity contribution in [2.24, 2.45) is 5.73 Å². The van der Waals surface area contributed by atoms with Crippen molar-refractivity contribution in [2.75, 3.05) is 0 Å². The van der Waals surface area contributed by atoms with Crippen LogP contribution >= 0.6 is 0 Å². The summed E-state index contributed by atoms with van der Waals surface area (Å²) < 4.78 is 0. The summed E-state index contributed by atoms with van der Waals surface area (Å²) >= 11 is 0. The number of nitrogens with one attached hydrogen (secondary N) is 2. The Morgan fingerprint density at radius 2 is 2.11 bits per heavy atom. The third-order valence-corrected chi connectivity index (χ3v) is 2.89. The lowest BCUT2D eigenvalue weighted by Crippen LogP contribution is -2.49. The molecule has 3 amide bonds. The van der Waals surface area contributed by atoms with Gasteiger partial charge < -0.3 is 21.5 Å². The molecule has 0 aromatic carbocycles. The number of carbonyl (C=O) groups excluding carboxylic acids is 2. The molecule has 7 nitrogen and oxygen atoms in total. The van der Waals surface area contributed by atoms with Gasteiger partial charge in [-0.1, -0.05) is 12.2 Å². The maximum atomic E-state index is 11.6. The van der Waals surface area contributed by atoms with Crippen LogP contribution in [0.4, 0.5) is 4.79 Å². The topological polar surface area (TPSA) is 122 Å². The molecule has 0 aromatic heterocycles. The summed E-state index contributed by atoms with van der Waals surface area (Å²) in [5, 5.41) is 14.0. The maximum absolute atomic E-state index is 11.6. The van der Waals surface area contributed by atoms with E-state index in [9.17, 15) is 14.4 Å². The van der Waals surface area contributed by atoms with Crippen LogP contribution in [0.25, 0.3) is 0 Å². The van der Waals surface area contributed by atoms with Gasteiger partial charge in [-0.2, -0.15) is 0 Å². The number of aliphatic carboxylic acids is 1. The van der Waals surface area contributed by atoms with E-state index in [1.807, 2.05) is 12.2 Å². The lowest BCUT2D eigenvalue weighted by molar-refractivity contribution is -0.139. The van der Waals surface area contributed by atoms with Crippen LogP contribution < -0.4 is 16.4 Å². The maximum Gasteiger partial charge on any atom is 0.326 e. The number of primary amides is 1. The second-order valence-electron chi connectivity index (χ2n) is 4.49. The Balaban J connectivity index is 2.39. The van der Waals surface area contributed by atoms with E-state index in [1.165, 1.54) is 0 Å². The predicted octanol–water partition coefficient (Wildman–Crippen LogP) is 0.113. The minimum absolute atomic E-state index is 0.0113. The molecule has 0 aromatic rings. The molecule has 1 rings (SSSR count). The number of amides is 3. The van der Waals surface area contributed by atoms with Crippen LogP contribution in [0.1, 0.15) is 32.1 Å². The molecule has 2 unspecified atom stereocenters. The van der Waals surface area contributed by atoms with Gasteiger partial charge in [0.15, 0.2) is 0 Å². The predicted molar refractivity (Wildman–Crippen MR) is 68.3 cm³/mol. The fraction of sp³-hybridized carbons (Fsp3) is 0.583. The van der Waals surface area contributed by atoms with Crippen LogP contribution in [0.5, 0.6) is 0 Å². The average Bonchev–Trinajstić information content (AvgIpc) is 2.35. The molecule has 1 aliphatic rings. The third kappa shape index (κ3) is 5.89. The van der Waals surface area contributed by atoms with Gasteiger partial charge in [-0.3, -0.25) is 4.79 Å². The highest BCUT2D eigenvalue weighted by atomic mass is 16.4. The first kappa shape index (κ1) is 15.0. The van der Waals surface area contributed by atoms with E-state index in [2.05, 4.69) is 10.6 Å². The monoisotopic (exact) mass is 269 g/mol. The highest BCUT2D eigenvalue weighted by Gasteiger charge is 2.21. The number of urea groups is 1. The third-order valence-electron chi connectivity index (χ3n) is 2.89. The van der Waals surface area contributed by atoms with Crippen LogP contribution in [0, 0.1) is 0 Å². The Hall–Kier alpha value is -2.05. The Kier molecular flexibility index (Phi) is 5.84. The van der Waals surface area contributed by atoms with Crippen molar-refractivity contribution >= 4 is 17.9 Å². The van der Waals surface area contributed by atoms with E-state index in [0.717, 1.165) is 19.3 Å². The first-order chi connectivity index (χ1) is 8.99. The largest absolute Gasteiger partial charge is 0.480 e. The number of hydrogen-bond donors (Lipinski definition) is 4. The molecular weight excluding hydrogens is 250 g/mol. The van der Waals surface area contributed by atoms with E-state index < -0.39 is 23.9 Å². The molecule has 5 N–H and O–H groups in total. The van der Waals surface area contributed by atoms with Crippen molar-refractivity contribution in [2.45, 2.75) is 44.2 Å². The van der Waals surface area contributed by atoms with Crippen LogP contribution in [0.2, 0.25) is 0 Å². The Bertz CT molecular complexity index is 381. The number of hydrogen-bond acceptors (Lipinski definition) is 3. The normalized spacial score (nSPS) is 19.5. The van der Waals surface area contributed by atoms with Gasteiger partial charge in [-0.05, 0) is 25.7 Å². The smallest absolute Gasteiger partial charge is 0.326 e. The molecule has 1 aliphatic carbocycles. The minimum Gasteiger partial charge on any atom is -0.480 e. The molecule has 0 saturated carbocycles. The number of carboxylic acids is 1. The Labute approximate surface area is 111 Å². The van der Waals surface area contributed by atoms with Gasteiger partial charge in [0.1, 0.15) is 6.04 Å². The molecule has 0 heterocycles. The van der Waals surface area contributed by atoms with Gasteiger partial charge in [-0.15, -0.1) is 0 Å². The lowest BCUT2D eigenvalue weighted by Gasteiger charge is -2.21. The van der Waals surface area contributed by atoms with Crippen molar-refractivity contribution in [3.8, 4) is 0 Å². The fourth-order valence-electron chi connectivity index (χ4n) is 1.85. The van der Waals surface area contributed by atoms with Crippen molar-refractivity contribution in [3.63, 3.8) is 0 Å². The Morgan fingerprint density at radius 3 is 2.63 bits per heavy atom. The molecule has 106 valence electrons. The number of carbonyl (C=O) groups is 3. The van der Waals surface area contributed by atoms with E-state index >= 15 is 0 Å². The number of allylic oxidation sites excluding steroid dienone is 1. The molecule has 0 aliphatic heterocycles. The Morgan fingerprint density at radius 1 is 1.37 bits per heavy atom. The van der Waals surface area contributed by atoms with E-state index in [-0.39, 0.29) is 18.9 Å². The van der Waals surface area contributed by atoms with Crippen molar-refractivity contribution in [1.82, 2.24) is 10.6 Å². The molecule has 7 heteroatoms. The van der Waals surface area contributed by atoms with Crippen molar-refractivity contribution in [3.05, 3.63) is 12.2 Å². The number of rotatable bonds is 6. The lowest BCUT2D eigenvalue weighted by atomic mass is 10.0. The molecule has 0 spiro atoms. The van der Waals surface area contributed by atoms with Crippen LogP contribution in [0.15, 0.2) is 12.2 Å². The van der Waals surface area contributed by atoms with E-state index in [1.54, 1.807) is 0 Å². The van der Waals surface area contributed by atoms with Crippen LogP contribution in [-0.4, -0.2) is 35.1 Å². The highest BCUT2D eigenvalue weighted by molar-refractivity contribution is 5.83. The molecule has 0 fully saturated rings. The summed E-state index contributed by atoms with van der Waals surface area (Å²) in [5.41, 5.74) is 4.95. The molecule has 2 atom stereocenters. The summed E-state index contributed by atoms with van der Waals surface area (Å²) in [5.74, 6) is -1.77. The zero-order chi connectivity index (χ0) is 14.3. The van der Waals surface area contributed by atoms with Gasteiger partial charge >= 0.3 is 12.0 Å². The molecular formula is C12H19N3O4. The van der Waals surface area contributed by atoms with Crippen molar-refractivity contribution in [1.29, 1.82) is 0 Å². The van der Waals surface area contributed by atoms with Gasteiger partial charge in [0.05, 0.1) is 0 Å². The summed E-state index contributed by atoms with van der Waals surface area (Å²) in [7, 11) is 0. The first-order valence-electron chi connectivity index (χ1n) is 6.22. The zero-order valence-corrected chi connectivity index (χ0v) is 10.6. The van der Waals surface area contributed by atoms with E-state index in [4.69, 9.17) is 10.8 Å². The molecule has 0 radical (unpaired) electrons. The summed E-state index contributed by atoms with van der Waals surface area (Å²) in [6.07, 6.45) is 6.41. The quantitative estimate of drug-likeness (QED) is 0.511. The second-order valence-corrected chi connectivity index (χ2v) is 4.49. The second kappa shape index (κ2) is 7.40. The van der Waals surface area contributed by atoms with Crippen LogP contribution in [0.3, 0.4) is 0 Å². The fourth-order valence-corrected chi connectivity index (χ4v) is 1.85. The van der Waals surface area contributed by atoms with Crippen LogP contribution in [-0.2, 0) is 9.59 Å². The summed E-state index contributed by atoms with van der Waals surface area (Å²) in [6, 6.07) is -1.61. The highest BCUT2D eigenvalue weighted by Crippen LogP contribution is 2.10. The van der Waals surface area contributed by atoms with E-state index in [0.29, 0.717) is 0 Å². The molecule has 0 bridgehead atoms. The van der Waals surface area contributed by atoms with Gasteiger partial charge in [0.25, 0.3) is 0 Å². The summed E-state index contributed by atoms with van der Waals surface area (Å²) in [6.45, 7) is 0. The number of nitrogens with two attached hydrogens (primary N) is 1. The van der Waals surface area contributed by atoms with Gasteiger partial charge in [-0.25, -0.2) is 9.59 Å². The van der Waals surface area contributed by atoms with Gasteiger partial charge in [0.2, 0.25) is 5.91 Å². The van der Waals surface area contributed by atoms with Gasteiger partial charge in [0, 0.05) is 12.5 Å². The first-order valence-corrected chi connectivity index (χ1v) is 6.22. The summed E-state index contributed by atoms with van der Waals surface area (Å²) in [4.78, 5) is 33.2. The SMILES string of the molecule is NC(=O)CCC(NC(=O)NC1CC=CCC1)C(=O)O.